The molecule has 0 bridgehead atoms. The van der Waals surface area contributed by atoms with E-state index in [9.17, 15) is 0 Å². The summed E-state index contributed by atoms with van der Waals surface area (Å²) in [6, 6.07) is 37.9. The van der Waals surface area contributed by atoms with E-state index in [1.165, 1.54) is 60.8 Å². The van der Waals surface area contributed by atoms with E-state index in [0.29, 0.717) is 0 Å². The van der Waals surface area contributed by atoms with Crippen molar-refractivity contribution in [1.82, 2.24) is 4.57 Å². The molecule has 0 aliphatic carbocycles. The van der Waals surface area contributed by atoms with Gasteiger partial charge in [-0.1, -0.05) is 66.7 Å². The number of anilines is 2. The van der Waals surface area contributed by atoms with Crippen LogP contribution in [0.15, 0.2) is 103 Å². The van der Waals surface area contributed by atoms with Gasteiger partial charge in [0, 0.05) is 23.1 Å². The largest absolute Gasteiger partial charge is 0.327 e. The van der Waals surface area contributed by atoms with Gasteiger partial charge in [0.25, 0.3) is 0 Å². The van der Waals surface area contributed by atoms with Crippen molar-refractivity contribution < 1.29 is 0 Å². The van der Waals surface area contributed by atoms with Crippen LogP contribution in [-0.4, -0.2) is 11.1 Å². The normalized spacial score (nSPS) is 12.6. The molecule has 0 saturated carbocycles. The topological polar surface area (TPSA) is 8.17 Å². The smallest absolute Gasteiger partial charge is 0.118 e. The molecule has 7 rings (SSSR count). The maximum atomic E-state index is 2.47. The van der Waals surface area contributed by atoms with Crippen molar-refractivity contribution in [2.75, 3.05) is 11.4 Å². The Balaban J connectivity index is 1.69. The summed E-state index contributed by atoms with van der Waals surface area (Å²) in [5.74, 6) is 1.22. The molecule has 2 heteroatoms. The highest BCUT2D eigenvalue weighted by Gasteiger charge is 2.26. The first-order chi connectivity index (χ1) is 15.8. The maximum Gasteiger partial charge on any atom is 0.118 e. The Kier molecular flexibility index (Phi) is 3.57. The lowest BCUT2D eigenvalue weighted by molar-refractivity contribution is 0.969. The van der Waals surface area contributed by atoms with Crippen LogP contribution < -0.4 is 4.90 Å². The number of hydrogen-bond acceptors (Lipinski definition) is 1. The molecule has 0 spiro atoms. The molecule has 0 saturated heterocycles. The van der Waals surface area contributed by atoms with Gasteiger partial charge in [-0.3, -0.25) is 4.57 Å². The second kappa shape index (κ2) is 6.48. The number of para-hydroxylation sites is 1. The van der Waals surface area contributed by atoms with E-state index in [0.717, 1.165) is 6.54 Å². The predicted molar refractivity (Wildman–Crippen MR) is 136 cm³/mol. The third-order valence-corrected chi connectivity index (χ3v) is 6.83. The molecule has 2 nitrogen and oxygen atoms in total. The Morgan fingerprint density at radius 2 is 1.16 bits per heavy atom. The molecule has 0 unspecified atom stereocenters. The molecule has 0 fully saturated rings. The number of nitrogens with zero attached hydrogens (tertiary/aromatic N) is 2. The molecule has 6 aromatic rings. The van der Waals surface area contributed by atoms with Gasteiger partial charge < -0.3 is 4.90 Å². The average Bonchev–Trinajstić information content (AvgIpc) is 3.15. The minimum atomic E-state index is 0.903. The number of hydrogen-bond donors (Lipinski definition) is 0. The fourth-order valence-corrected chi connectivity index (χ4v) is 5.36. The first-order valence-corrected chi connectivity index (χ1v) is 11.3. The Morgan fingerprint density at radius 1 is 0.531 bits per heavy atom. The molecule has 152 valence electrons. The van der Waals surface area contributed by atoms with Gasteiger partial charge in [0.1, 0.15) is 5.82 Å². The zero-order valence-electron chi connectivity index (χ0n) is 17.9. The number of benzene rings is 5. The van der Waals surface area contributed by atoms with E-state index >= 15 is 0 Å². The Hall–Kier alpha value is -4.04. The lowest BCUT2D eigenvalue weighted by atomic mass is 9.97. The zero-order chi connectivity index (χ0) is 21.2. The van der Waals surface area contributed by atoms with Crippen LogP contribution in [0, 0.1) is 0 Å². The van der Waals surface area contributed by atoms with Crippen molar-refractivity contribution in [2.24, 2.45) is 0 Å². The van der Waals surface area contributed by atoms with Crippen molar-refractivity contribution in [2.45, 2.75) is 6.92 Å². The molecule has 2 heterocycles. The zero-order valence-corrected chi connectivity index (χ0v) is 17.9. The molecule has 0 atom stereocenters. The molecule has 32 heavy (non-hydrogen) atoms. The van der Waals surface area contributed by atoms with Gasteiger partial charge in [0.05, 0.1) is 16.9 Å². The summed E-state index contributed by atoms with van der Waals surface area (Å²) in [7, 11) is 0. The minimum absolute atomic E-state index is 0.903. The molecular weight excluding hydrogens is 388 g/mol. The number of rotatable bonds is 1. The summed E-state index contributed by atoms with van der Waals surface area (Å²) in [5.41, 5.74) is 6.32. The first kappa shape index (κ1) is 17.6. The molecule has 5 aromatic carbocycles. The van der Waals surface area contributed by atoms with Crippen molar-refractivity contribution >= 4 is 44.0 Å². The molecule has 0 radical (unpaired) electrons. The Bertz CT molecular complexity index is 1670. The second-order valence-corrected chi connectivity index (χ2v) is 8.57. The fraction of sp³-hybridized carbons (Fsp3) is 0.0667. The van der Waals surface area contributed by atoms with E-state index in [-0.39, 0.29) is 0 Å². The van der Waals surface area contributed by atoms with Gasteiger partial charge in [-0.15, -0.1) is 0 Å². The monoisotopic (exact) mass is 410 g/mol. The van der Waals surface area contributed by atoms with Gasteiger partial charge >= 0.3 is 0 Å². The van der Waals surface area contributed by atoms with Crippen LogP contribution in [0.3, 0.4) is 0 Å². The van der Waals surface area contributed by atoms with Crippen molar-refractivity contribution in [3.8, 4) is 16.8 Å². The summed E-state index contributed by atoms with van der Waals surface area (Å²) in [6.07, 6.45) is 0. The summed E-state index contributed by atoms with van der Waals surface area (Å²) in [4.78, 5) is 2.45. The summed E-state index contributed by atoms with van der Waals surface area (Å²) >= 11 is 0. The van der Waals surface area contributed by atoms with E-state index in [1.54, 1.807) is 0 Å². The van der Waals surface area contributed by atoms with E-state index < -0.39 is 0 Å². The fourth-order valence-electron chi connectivity index (χ4n) is 5.36. The average molecular weight is 411 g/mol. The molecule has 1 aliphatic heterocycles. The Morgan fingerprint density at radius 3 is 1.91 bits per heavy atom. The third kappa shape index (κ3) is 2.35. The lowest BCUT2D eigenvalue weighted by Crippen LogP contribution is -2.18. The number of aromatic nitrogens is 1. The summed E-state index contributed by atoms with van der Waals surface area (Å²) in [5, 5.41) is 6.36. The Labute approximate surface area is 186 Å². The highest BCUT2D eigenvalue weighted by molar-refractivity contribution is 6.04. The van der Waals surface area contributed by atoms with E-state index in [4.69, 9.17) is 0 Å². The molecule has 1 aliphatic rings. The second-order valence-electron chi connectivity index (χ2n) is 8.57. The highest BCUT2D eigenvalue weighted by Crippen LogP contribution is 2.46. The maximum absolute atomic E-state index is 2.47. The van der Waals surface area contributed by atoms with E-state index in [1.807, 2.05) is 0 Å². The molecule has 1 aromatic heterocycles. The SMILES string of the molecule is CCN1c2ccccc2-c2cc3ccccc3cc2-n2c1cc1cc3ccccc3cc12. The van der Waals surface area contributed by atoms with Crippen molar-refractivity contribution in [1.29, 1.82) is 0 Å². The number of fused-ring (bicyclic) bond motifs is 9. The quantitative estimate of drug-likeness (QED) is 0.266. The third-order valence-electron chi connectivity index (χ3n) is 6.83. The summed E-state index contributed by atoms with van der Waals surface area (Å²) < 4.78 is 2.47. The van der Waals surface area contributed by atoms with E-state index in [2.05, 4.69) is 120 Å². The molecule has 0 N–H and O–H groups in total. The van der Waals surface area contributed by atoms with Gasteiger partial charge in [-0.05, 0) is 64.9 Å². The van der Waals surface area contributed by atoms with Crippen molar-refractivity contribution in [3.63, 3.8) is 0 Å². The van der Waals surface area contributed by atoms with Gasteiger partial charge in [-0.25, -0.2) is 0 Å². The predicted octanol–water partition coefficient (Wildman–Crippen LogP) is 8.08. The van der Waals surface area contributed by atoms with Crippen molar-refractivity contribution in [3.05, 3.63) is 103 Å². The highest BCUT2D eigenvalue weighted by atomic mass is 15.3. The van der Waals surface area contributed by atoms with Crippen LogP contribution in [-0.2, 0) is 0 Å². The molecular formula is C30H22N2. The van der Waals surface area contributed by atoms with Gasteiger partial charge in [0.15, 0.2) is 0 Å². The van der Waals surface area contributed by atoms with Crippen LogP contribution in [0.4, 0.5) is 11.5 Å². The van der Waals surface area contributed by atoms with Gasteiger partial charge in [0.2, 0.25) is 0 Å². The first-order valence-electron chi connectivity index (χ1n) is 11.3. The van der Waals surface area contributed by atoms with Gasteiger partial charge in [-0.2, -0.15) is 0 Å². The minimum Gasteiger partial charge on any atom is -0.327 e. The lowest BCUT2D eigenvalue weighted by Gasteiger charge is -2.23. The van der Waals surface area contributed by atoms with Crippen LogP contribution in [0.2, 0.25) is 0 Å². The standard InChI is InChI=1S/C30H22N2/c1-2-31-27-14-8-7-13-25(27)26-16-21-10-4-6-12-23(21)18-29(26)32-28-17-22-11-5-3-9-20(22)15-24(28)19-30(31)32/h3-19H,2H2,1H3. The van der Waals surface area contributed by atoms with Crippen LogP contribution in [0.5, 0.6) is 0 Å². The molecule has 0 amide bonds. The van der Waals surface area contributed by atoms with Crippen LogP contribution >= 0.6 is 0 Å². The summed E-state index contributed by atoms with van der Waals surface area (Å²) in [6.45, 7) is 3.14. The van der Waals surface area contributed by atoms with Crippen LogP contribution in [0.1, 0.15) is 6.92 Å². The van der Waals surface area contributed by atoms with Crippen LogP contribution in [0.25, 0.3) is 49.3 Å².